The van der Waals surface area contributed by atoms with Crippen LogP contribution in [0.2, 0.25) is 5.02 Å². The highest BCUT2D eigenvalue weighted by Gasteiger charge is 2.36. The molecule has 0 bridgehead atoms. The van der Waals surface area contributed by atoms with Gasteiger partial charge >= 0.3 is 5.97 Å². The number of phenols is 2. The van der Waals surface area contributed by atoms with Crippen molar-refractivity contribution in [2.24, 2.45) is 0 Å². The minimum Gasteiger partial charge on any atom is -0.506 e. The van der Waals surface area contributed by atoms with Crippen LogP contribution in [0.5, 0.6) is 23.0 Å². The lowest BCUT2D eigenvalue weighted by Crippen LogP contribution is -2.25. The second kappa shape index (κ2) is 13.9. The number of aromatic hydroxyl groups is 2. The highest BCUT2D eigenvalue weighted by atomic mass is 35.5. The van der Waals surface area contributed by atoms with E-state index in [0.717, 1.165) is 22.6 Å². The molecule has 1 atom stereocenters. The van der Waals surface area contributed by atoms with E-state index in [9.17, 15) is 20.1 Å². The van der Waals surface area contributed by atoms with Gasteiger partial charge in [-0.05, 0) is 59.7 Å². The summed E-state index contributed by atoms with van der Waals surface area (Å²) in [6, 6.07) is 32.8. The Morgan fingerprint density at radius 2 is 1.42 bits per heavy atom. The molecular formula is C40H33ClN4O5. The Morgan fingerprint density at radius 1 is 0.760 bits per heavy atom. The number of fused-ring (bicyclic) bond motifs is 2. The van der Waals surface area contributed by atoms with Gasteiger partial charge in [0.05, 0.1) is 22.0 Å². The molecule has 0 radical (unpaired) electrons. The number of nitrogens with zero attached hydrogens (tertiary/aromatic N) is 4. The summed E-state index contributed by atoms with van der Waals surface area (Å²) < 4.78 is 6.50. The van der Waals surface area contributed by atoms with Gasteiger partial charge in [-0.25, -0.2) is 4.79 Å². The number of benzene rings is 4. The van der Waals surface area contributed by atoms with Crippen LogP contribution in [0.1, 0.15) is 49.9 Å². The van der Waals surface area contributed by atoms with Gasteiger partial charge in [0.25, 0.3) is 0 Å². The molecule has 0 amide bonds. The van der Waals surface area contributed by atoms with Crippen LogP contribution in [0.15, 0.2) is 122 Å². The average Bonchev–Trinajstić information content (AvgIpc) is 3.12. The molecule has 0 saturated carbocycles. The number of para-hydroxylation sites is 1. The molecule has 0 saturated heterocycles. The standard InChI is InChI=1S/C40H33ClN4O5/c1-44(33-15-5-2-10-25(33)22-45(23-26-11-6-8-18-42-26)24-27-12-7-9-19-43-27)38-34(46)17-16-30-37(28-13-3-4-14-29(28)40(48)49)31-20-32(41)35(47)21-36(31)50-39(30)38/h2-21,37,46-47H,22-24H2,1H3,(H,48,49). The normalized spacial score (nSPS) is 13.3. The summed E-state index contributed by atoms with van der Waals surface area (Å²) in [6.07, 6.45) is 3.57. The summed E-state index contributed by atoms with van der Waals surface area (Å²) in [7, 11) is 1.86. The molecule has 2 aromatic heterocycles. The lowest BCUT2D eigenvalue weighted by atomic mass is 9.80. The van der Waals surface area contributed by atoms with Crippen LogP contribution in [-0.2, 0) is 19.6 Å². The van der Waals surface area contributed by atoms with Crippen molar-refractivity contribution in [1.82, 2.24) is 14.9 Å². The van der Waals surface area contributed by atoms with Gasteiger partial charge in [0.15, 0.2) is 5.75 Å². The van der Waals surface area contributed by atoms with E-state index in [0.29, 0.717) is 53.5 Å². The average molecular weight is 685 g/mol. The van der Waals surface area contributed by atoms with E-state index in [1.807, 2.05) is 72.6 Å². The highest BCUT2D eigenvalue weighted by molar-refractivity contribution is 6.32. The van der Waals surface area contributed by atoms with Crippen LogP contribution in [0.25, 0.3) is 0 Å². The van der Waals surface area contributed by atoms with Crippen molar-refractivity contribution in [3.8, 4) is 23.0 Å². The number of carboxylic acid groups (broad SMARTS) is 1. The van der Waals surface area contributed by atoms with Crippen LogP contribution >= 0.6 is 11.6 Å². The van der Waals surface area contributed by atoms with E-state index >= 15 is 0 Å². The van der Waals surface area contributed by atoms with Crippen molar-refractivity contribution < 1.29 is 24.9 Å². The molecule has 9 nitrogen and oxygen atoms in total. The fraction of sp³-hybridized carbons (Fsp3) is 0.125. The van der Waals surface area contributed by atoms with Crippen molar-refractivity contribution in [2.45, 2.75) is 25.6 Å². The van der Waals surface area contributed by atoms with Crippen molar-refractivity contribution in [1.29, 1.82) is 0 Å². The largest absolute Gasteiger partial charge is 0.506 e. The van der Waals surface area contributed by atoms with Crippen molar-refractivity contribution >= 4 is 28.9 Å². The smallest absolute Gasteiger partial charge is 0.335 e. The maximum absolute atomic E-state index is 12.4. The Kier molecular flexibility index (Phi) is 9.08. The minimum absolute atomic E-state index is 0.0354. The van der Waals surface area contributed by atoms with Gasteiger partial charge in [0.2, 0.25) is 0 Å². The molecule has 1 aliphatic heterocycles. The Balaban J connectivity index is 1.33. The zero-order valence-corrected chi connectivity index (χ0v) is 27.8. The number of hydrogen-bond acceptors (Lipinski definition) is 8. The zero-order valence-electron chi connectivity index (χ0n) is 27.1. The molecule has 10 heteroatoms. The van der Waals surface area contributed by atoms with E-state index in [1.54, 1.807) is 54.9 Å². The summed E-state index contributed by atoms with van der Waals surface area (Å²) in [5.41, 5.74) is 5.89. The molecule has 0 fully saturated rings. The van der Waals surface area contributed by atoms with Gasteiger partial charge in [-0.1, -0.05) is 66.2 Å². The van der Waals surface area contributed by atoms with E-state index in [1.165, 1.54) is 6.07 Å². The Morgan fingerprint density at radius 3 is 2.10 bits per heavy atom. The van der Waals surface area contributed by atoms with Crippen molar-refractivity contribution in [2.75, 3.05) is 11.9 Å². The van der Waals surface area contributed by atoms with Crippen molar-refractivity contribution in [3.63, 3.8) is 0 Å². The van der Waals surface area contributed by atoms with Gasteiger partial charge < -0.3 is 25.0 Å². The summed E-state index contributed by atoms with van der Waals surface area (Å²) in [6.45, 7) is 1.70. The predicted molar refractivity (Wildman–Crippen MR) is 192 cm³/mol. The van der Waals surface area contributed by atoms with Gasteiger partial charge in [-0.3, -0.25) is 14.9 Å². The van der Waals surface area contributed by atoms with Crippen LogP contribution < -0.4 is 9.64 Å². The highest BCUT2D eigenvalue weighted by Crippen LogP contribution is 2.56. The van der Waals surface area contributed by atoms with Crippen LogP contribution in [-0.4, -0.2) is 43.2 Å². The lowest BCUT2D eigenvalue weighted by Gasteiger charge is -2.34. The maximum atomic E-state index is 12.4. The van der Waals surface area contributed by atoms with E-state index in [-0.39, 0.29) is 22.1 Å². The molecule has 50 heavy (non-hydrogen) atoms. The topological polar surface area (TPSA) is 119 Å². The molecule has 4 aromatic carbocycles. The third kappa shape index (κ3) is 6.44. The van der Waals surface area contributed by atoms with Crippen molar-refractivity contribution in [3.05, 3.63) is 166 Å². The molecular weight excluding hydrogens is 652 g/mol. The number of phenolic OH excluding ortho intramolecular Hbond substituents is 2. The van der Waals surface area contributed by atoms with Gasteiger partial charge in [-0.15, -0.1) is 0 Å². The van der Waals surface area contributed by atoms with Gasteiger partial charge in [0, 0.05) is 67.9 Å². The van der Waals surface area contributed by atoms with Crippen LogP contribution in [0.4, 0.5) is 11.4 Å². The Labute approximate surface area is 294 Å². The second-order valence-corrected chi connectivity index (χ2v) is 12.5. The first kappa shape index (κ1) is 32.6. The third-order valence-electron chi connectivity index (χ3n) is 8.86. The minimum atomic E-state index is -1.08. The number of pyridine rings is 2. The molecule has 7 rings (SSSR count). The molecule has 0 aliphatic carbocycles. The number of aromatic nitrogens is 2. The summed E-state index contributed by atoms with van der Waals surface area (Å²) in [4.78, 5) is 25.7. The van der Waals surface area contributed by atoms with Gasteiger partial charge in [-0.2, -0.15) is 0 Å². The molecule has 3 heterocycles. The third-order valence-corrected chi connectivity index (χ3v) is 9.16. The maximum Gasteiger partial charge on any atom is 0.335 e. The first-order valence-corrected chi connectivity index (χ1v) is 16.4. The number of anilines is 2. The summed E-state index contributed by atoms with van der Waals surface area (Å²) >= 11 is 6.39. The molecule has 1 unspecified atom stereocenters. The number of rotatable bonds is 10. The fourth-order valence-electron chi connectivity index (χ4n) is 6.61. The SMILES string of the molecule is CN(c1ccccc1CN(Cc1ccccn1)Cc1ccccn1)c1c(O)ccc2c1Oc1cc(O)c(Cl)cc1C2c1ccccc1C(=O)O. The number of aromatic carboxylic acids is 1. The first-order chi connectivity index (χ1) is 24.3. The number of carboxylic acids is 1. The predicted octanol–water partition coefficient (Wildman–Crippen LogP) is 8.50. The molecule has 1 aliphatic rings. The van der Waals surface area contributed by atoms with Crippen LogP contribution in [0.3, 0.4) is 0 Å². The van der Waals surface area contributed by atoms with E-state index < -0.39 is 11.9 Å². The monoisotopic (exact) mass is 684 g/mol. The lowest BCUT2D eigenvalue weighted by molar-refractivity contribution is 0.0695. The Bertz CT molecular complexity index is 2140. The molecule has 3 N–H and O–H groups in total. The Hall–Kier alpha value is -5.90. The summed E-state index contributed by atoms with van der Waals surface area (Å²) in [5, 5.41) is 32.3. The van der Waals surface area contributed by atoms with E-state index in [2.05, 4.69) is 14.9 Å². The number of hydrogen-bond donors (Lipinski definition) is 3. The molecule has 6 aromatic rings. The number of ether oxygens (including phenoxy) is 1. The first-order valence-electron chi connectivity index (χ1n) is 16.0. The second-order valence-electron chi connectivity index (χ2n) is 12.1. The number of halogens is 1. The molecule has 250 valence electrons. The van der Waals surface area contributed by atoms with Gasteiger partial charge in [0.1, 0.15) is 22.9 Å². The summed E-state index contributed by atoms with van der Waals surface area (Å²) in [5.74, 6) is -1.29. The van der Waals surface area contributed by atoms with Crippen LogP contribution in [0, 0.1) is 0 Å². The molecule has 0 spiro atoms. The van der Waals surface area contributed by atoms with E-state index in [4.69, 9.17) is 16.3 Å². The zero-order chi connectivity index (χ0) is 34.8. The number of carbonyl (C=O) groups is 1. The fourth-order valence-corrected chi connectivity index (χ4v) is 6.78. The quantitative estimate of drug-likeness (QED) is 0.130.